The third-order valence-corrected chi connectivity index (χ3v) is 2.99. The highest BCUT2D eigenvalue weighted by Crippen LogP contribution is 2.22. The maximum Gasteiger partial charge on any atom is 0.137 e. The molecule has 6 heteroatoms. The van der Waals surface area contributed by atoms with E-state index in [1.165, 1.54) is 6.33 Å². The first-order chi connectivity index (χ1) is 9.72. The van der Waals surface area contributed by atoms with Crippen molar-refractivity contribution in [1.82, 2.24) is 15.0 Å². The van der Waals surface area contributed by atoms with Crippen LogP contribution in [-0.2, 0) is 6.54 Å². The van der Waals surface area contributed by atoms with E-state index in [0.717, 1.165) is 16.9 Å². The van der Waals surface area contributed by atoms with E-state index >= 15 is 0 Å². The standard InChI is InChI=1S/C14H16N6/c1-11-13(16)18-10-19-14(11)20(7-3-5-15)9-12-4-2-6-17-8-12/h2,4,6,8,10H,3,7,9H2,1H3,(H2,16,18,19). The van der Waals surface area contributed by atoms with Crippen LogP contribution in [0.2, 0.25) is 0 Å². The first kappa shape index (κ1) is 13.7. The Hall–Kier alpha value is -2.68. The third kappa shape index (κ3) is 3.20. The topological polar surface area (TPSA) is 91.7 Å². The van der Waals surface area contributed by atoms with Crippen molar-refractivity contribution >= 4 is 11.6 Å². The van der Waals surface area contributed by atoms with Gasteiger partial charge >= 0.3 is 0 Å². The van der Waals surface area contributed by atoms with E-state index in [4.69, 9.17) is 11.0 Å². The van der Waals surface area contributed by atoms with Crippen LogP contribution in [0.4, 0.5) is 11.6 Å². The molecule has 0 fully saturated rings. The van der Waals surface area contributed by atoms with Crippen LogP contribution in [0.15, 0.2) is 30.9 Å². The van der Waals surface area contributed by atoms with Gasteiger partial charge in [0.25, 0.3) is 0 Å². The molecule has 2 aromatic rings. The highest BCUT2D eigenvalue weighted by Gasteiger charge is 2.13. The minimum absolute atomic E-state index is 0.420. The molecule has 20 heavy (non-hydrogen) atoms. The van der Waals surface area contributed by atoms with E-state index in [0.29, 0.717) is 25.3 Å². The first-order valence-corrected chi connectivity index (χ1v) is 6.30. The van der Waals surface area contributed by atoms with Gasteiger partial charge < -0.3 is 10.6 Å². The molecule has 2 aromatic heterocycles. The zero-order valence-electron chi connectivity index (χ0n) is 11.3. The summed E-state index contributed by atoms with van der Waals surface area (Å²) < 4.78 is 0. The van der Waals surface area contributed by atoms with Crippen LogP contribution in [0, 0.1) is 18.3 Å². The monoisotopic (exact) mass is 268 g/mol. The number of anilines is 2. The summed E-state index contributed by atoms with van der Waals surface area (Å²) in [5.74, 6) is 1.22. The molecule has 0 aromatic carbocycles. The minimum Gasteiger partial charge on any atom is -0.383 e. The van der Waals surface area contributed by atoms with Crippen molar-refractivity contribution in [2.24, 2.45) is 0 Å². The molecule has 2 N–H and O–H groups in total. The molecule has 0 aliphatic heterocycles. The van der Waals surface area contributed by atoms with Crippen LogP contribution < -0.4 is 10.6 Å². The molecule has 0 unspecified atom stereocenters. The summed E-state index contributed by atoms with van der Waals surface area (Å²) in [6, 6.07) is 6.04. The molecule has 0 bridgehead atoms. The number of aromatic nitrogens is 3. The lowest BCUT2D eigenvalue weighted by molar-refractivity contribution is 0.774. The van der Waals surface area contributed by atoms with Crippen molar-refractivity contribution in [3.05, 3.63) is 42.0 Å². The summed E-state index contributed by atoms with van der Waals surface area (Å²) in [5.41, 5.74) is 7.71. The molecular formula is C14H16N6. The number of nitriles is 1. The number of pyridine rings is 1. The normalized spacial score (nSPS) is 10.0. The zero-order chi connectivity index (χ0) is 14.4. The molecule has 0 amide bonds. The van der Waals surface area contributed by atoms with Gasteiger partial charge in [-0.3, -0.25) is 4.98 Å². The number of hydrogen-bond acceptors (Lipinski definition) is 6. The summed E-state index contributed by atoms with van der Waals surface area (Å²) in [6.07, 6.45) is 5.40. The predicted octanol–water partition coefficient (Wildman–Crippen LogP) is 1.68. The second-order valence-corrected chi connectivity index (χ2v) is 4.40. The smallest absolute Gasteiger partial charge is 0.137 e. The van der Waals surface area contributed by atoms with E-state index in [1.54, 1.807) is 12.4 Å². The number of nitrogens with zero attached hydrogens (tertiary/aromatic N) is 5. The Labute approximate surface area is 117 Å². The van der Waals surface area contributed by atoms with E-state index < -0.39 is 0 Å². The number of rotatable bonds is 5. The largest absolute Gasteiger partial charge is 0.383 e. The SMILES string of the molecule is Cc1c(N)ncnc1N(CCC#N)Cc1cccnc1. The van der Waals surface area contributed by atoms with Crippen LogP contribution in [-0.4, -0.2) is 21.5 Å². The van der Waals surface area contributed by atoms with Gasteiger partial charge in [-0.1, -0.05) is 6.07 Å². The zero-order valence-corrected chi connectivity index (χ0v) is 11.3. The Balaban J connectivity index is 2.28. The van der Waals surface area contributed by atoms with Crippen LogP contribution in [0.25, 0.3) is 0 Å². The van der Waals surface area contributed by atoms with Gasteiger partial charge in [-0.05, 0) is 18.6 Å². The first-order valence-electron chi connectivity index (χ1n) is 6.30. The number of hydrogen-bond donors (Lipinski definition) is 1. The van der Waals surface area contributed by atoms with E-state index in [9.17, 15) is 0 Å². The number of nitrogens with two attached hydrogens (primary N) is 1. The van der Waals surface area contributed by atoms with Crippen molar-refractivity contribution in [1.29, 1.82) is 5.26 Å². The van der Waals surface area contributed by atoms with Gasteiger partial charge in [0, 0.05) is 31.0 Å². The van der Waals surface area contributed by atoms with Gasteiger partial charge in [0.15, 0.2) is 0 Å². The van der Waals surface area contributed by atoms with Gasteiger partial charge in [0.1, 0.15) is 18.0 Å². The summed E-state index contributed by atoms with van der Waals surface area (Å²) in [5, 5.41) is 8.81. The fraction of sp³-hybridized carbons (Fsp3) is 0.286. The molecule has 0 aliphatic rings. The second kappa shape index (κ2) is 6.48. The van der Waals surface area contributed by atoms with E-state index in [-0.39, 0.29) is 0 Å². The molecule has 102 valence electrons. The fourth-order valence-electron chi connectivity index (χ4n) is 1.93. The molecule has 6 nitrogen and oxygen atoms in total. The van der Waals surface area contributed by atoms with Crippen LogP contribution >= 0.6 is 0 Å². The maximum atomic E-state index is 8.81. The number of nitrogen functional groups attached to an aromatic ring is 1. The lowest BCUT2D eigenvalue weighted by Gasteiger charge is -2.24. The Morgan fingerprint density at radius 1 is 1.40 bits per heavy atom. The van der Waals surface area contributed by atoms with E-state index in [1.807, 2.05) is 24.0 Å². The molecule has 0 aliphatic carbocycles. The van der Waals surface area contributed by atoms with E-state index in [2.05, 4.69) is 21.0 Å². The average Bonchev–Trinajstić information content (AvgIpc) is 2.48. The Morgan fingerprint density at radius 3 is 2.95 bits per heavy atom. The summed E-state index contributed by atoms with van der Waals surface area (Å²) >= 11 is 0. The van der Waals surface area contributed by atoms with Gasteiger partial charge in [-0.25, -0.2) is 9.97 Å². The van der Waals surface area contributed by atoms with Crippen LogP contribution in [0.3, 0.4) is 0 Å². The Kier molecular flexibility index (Phi) is 4.45. The maximum absolute atomic E-state index is 8.81. The highest BCUT2D eigenvalue weighted by atomic mass is 15.2. The Morgan fingerprint density at radius 2 is 2.25 bits per heavy atom. The highest BCUT2D eigenvalue weighted by molar-refractivity contribution is 5.55. The summed E-state index contributed by atoms with van der Waals surface area (Å²) in [4.78, 5) is 14.4. The van der Waals surface area contributed by atoms with Gasteiger partial charge in [-0.15, -0.1) is 0 Å². The molecule has 2 rings (SSSR count). The molecular weight excluding hydrogens is 252 g/mol. The van der Waals surface area contributed by atoms with Crippen molar-refractivity contribution < 1.29 is 0 Å². The second-order valence-electron chi connectivity index (χ2n) is 4.40. The lowest BCUT2D eigenvalue weighted by atomic mass is 10.2. The van der Waals surface area contributed by atoms with Gasteiger partial charge in [0.2, 0.25) is 0 Å². The average molecular weight is 268 g/mol. The molecule has 0 spiro atoms. The molecule has 0 atom stereocenters. The Bertz CT molecular complexity index is 605. The predicted molar refractivity (Wildman–Crippen MR) is 76.7 cm³/mol. The summed E-state index contributed by atoms with van der Waals surface area (Å²) in [7, 11) is 0. The third-order valence-electron chi connectivity index (χ3n) is 2.99. The molecule has 0 saturated heterocycles. The van der Waals surface area contributed by atoms with Crippen molar-refractivity contribution in [2.45, 2.75) is 19.9 Å². The fourth-order valence-corrected chi connectivity index (χ4v) is 1.93. The quantitative estimate of drug-likeness (QED) is 0.887. The lowest BCUT2D eigenvalue weighted by Crippen LogP contribution is -2.26. The van der Waals surface area contributed by atoms with Gasteiger partial charge in [-0.2, -0.15) is 5.26 Å². The van der Waals surface area contributed by atoms with Crippen molar-refractivity contribution in [3.8, 4) is 6.07 Å². The molecule has 0 radical (unpaired) electrons. The molecule has 0 saturated carbocycles. The van der Waals surface area contributed by atoms with Crippen molar-refractivity contribution in [2.75, 3.05) is 17.2 Å². The van der Waals surface area contributed by atoms with Crippen LogP contribution in [0.5, 0.6) is 0 Å². The van der Waals surface area contributed by atoms with Crippen LogP contribution in [0.1, 0.15) is 17.5 Å². The minimum atomic E-state index is 0.420. The van der Waals surface area contributed by atoms with Crippen molar-refractivity contribution in [3.63, 3.8) is 0 Å². The molecule has 2 heterocycles. The van der Waals surface area contributed by atoms with Gasteiger partial charge in [0.05, 0.1) is 12.5 Å². The summed E-state index contributed by atoms with van der Waals surface area (Å²) in [6.45, 7) is 3.10.